The molecule has 1 saturated carbocycles. The Kier molecular flexibility index (Phi) is 5.03. The molecule has 0 saturated heterocycles. The lowest BCUT2D eigenvalue weighted by atomic mass is 9.63. The van der Waals surface area contributed by atoms with Crippen LogP contribution in [0.2, 0.25) is 0 Å². The zero-order valence-electron chi connectivity index (χ0n) is 12.3. The number of aliphatic hydroxyl groups excluding tert-OH is 1. The third-order valence-corrected chi connectivity index (χ3v) is 4.14. The Balaban J connectivity index is 2.58. The van der Waals surface area contributed by atoms with Gasteiger partial charge in [-0.2, -0.15) is 0 Å². The van der Waals surface area contributed by atoms with Crippen molar-refractivity contribution >= 4 is 0 Å². The predicted octanol–water partition coefficient (Wildman–Crippen LogP) is 3.77. The summed E-state index contributed by atoms with van der Waals surface area (Å²) in [5, 5.41) is 9.80. The largest absolute Gasteiger partial charge is 0.391 e. The fourth-order valence-electron chi connectivity index (χ4n) is 3.39. The van der Waals surface area contributed by atoms with E-state index in [2.05, 4.69) is 34.6 Å². The van der Waals surface area contributed by atoms with Gasteiger partial charge in [0.15, 0.2) is 0 Å². The molecule has 2 nitrogen and oxygen atoms in total. The lowest BCUT2D eigenvalue weighted by Crippen LogP contribution is -2.47. The van der Waals surface area contributed by atoms with Crippen LogP contribution in [0.5, 0.6) is 0 Å². The van der Waals surface area contributed by atoms with Crippen molar-refractivity contribution in [2.45, 2.75) is 78.9 Å². The maximum Gasteiger partial charge on any atom is 0.0773 e. The molecule has 0 aromatic carbocycles. The second-order valence-electron chi connectivity index (χ2n) is 6.99. The molecule has 1 rings (SSSR count). The van der Waals surface area contributed by atoms with E-state index in [0.717, 1.165) is 12.8 Å². The number of hydrogen-bond acceptors (Lipinski definition) is 2. The molecular weight excluding hydrogens is 212 g/mol. The Morgan fingerprint density at radius 2 is 1.71 bits per heavy atom. The van der Waals surface area contributed by atoms with E-state index in [1.54, 1.807) is 0 Å². The van der Waals surface area contributed by atoms with Gasteiger partial charge in [-0.25, -0.2) is 0 Å². The van der Waals surface area contributed by atoms with Gasteiger partial charge in [-0.05, 0) is 30.1 Å². The second-order valence-corrected chi connectivity index (χ2v) is 6.99. The van der Waals surface area contributed by atoms with Gasteiger partial charge in [0.25, 0.3) is 0 Å². The summed E-state index contributed by atoms with van der Waals surface area (Å²) >= 11 is 0. The SMILES string of the molecule is CCCC(O)COC1C(C)(C)CCCC1(C)C. The first kappa shape index (κ1) is 15.0. The van der Waals surface area contributed by atoms with Gasteiger partial charge in [0, 0.05) is 0 Å². The van der Waals surface area contributed by atoms with E-state index < -0.39 is 0 Å². The molecule has 1 unspecified atom stereocenters. The van der Waals surface area contributed by atoms with E-state index in [9.17, 15) is 5.11 Å². The number of rotatable bonds is 5. The zero-order chi connectivity index (χ0) is 13.1. The summed E-state index contributed by atoms with van der Waals surface area (Å²) in [4.78, 5) is 0. The third-order valence-electron chi connectivity index (χ3n) is 4.14. The summed E-state index contributed by atoms with van der Waals surface area (Å²) in [6.07, 6.45) is 5.56. The first-order valence-corrected chi connectivity index (χ1v) is 7.09. The van der Waals surface area contributed by atoms with Crippen molar-refractivity contribution in [2.75, 3.05) is 6.61 Å². The topological polar surface area (TPSA) is 29.5 Å². The van der Waals surface area contributed by atoms with Crippen LogP contribution < -0.4 is 0 Å². The van der Waals surface area contributed by atoms with Gasteiger partial charge >= 0.3 is 0 Å². The van der Waals surface area contributed by atoms with E-state index >= 15 is 0 Å². The first-order chi connectivity index (χ1) is 7.79. The summed E-state index contributed by atoms with van der Waals surface area (Å²) < 4.78 is 6.08. The van der Waals surface area contributed by atoms with Gasteiger partial charge in [-0.3, -0.25) is 0 Å². The highest BCUT2D eigenvalue weighted by molar-refractivity contribution is 4.94. The summed E-state index contributed by atoms with van der Waals surface area (Å²) in [7, 11) is 0. The molecule has 0 heterocycles. The van der Waals surface area contributed by atoms with E-state index in [1.807, 2.05) is 0 Å². The van der Waals surface area contributed by atoms with Crippen molar-refractivity contribution in [2.24, 2.45) is 10.8 Å². The molecule has 0 radical (unpaired) electrons. The Morgan fingerprint density at radius 1 is 1.18 bits per heavy atom. The predicted molar refractivity (Wildman–Crippen MR) is 72.1 cm³/mol. The normalized spacial score (nSPS) is 25.8. The van der Waals surface area contributed by atoms with Crippen molar-refractivity contribution in [3.63, 3.8) is 0 Å². The molecule has 0 amide bonds. The van der Waals surface area contributed by atoms with Crippen molar-refractivity contribution in [3.05, 3.63) is 0 Å². The summed E-state index contributed by atoms with van der Waals surface area (Å²) in [6.45, 7) is 11.8. The van der Waals surface area contributed by atoms with Crippen LogP contribution in [0.4, 0.5) is 0 Å². The Morgan fingerprint density at radius 3 is 2.18 bits per heavy atom. The standard InChI is InChI=1S/C15H30O2/c1-6-8-12(16)11-17-13-14(2,3)9-7-10-15(13,4)5/h12-13,16H,6-11H2,1-5H3. The van der Waals surface area contributed by atoms with Crippen LogP contribution in [0.3, 0.4) is 0 Å². The smallest absolute Gasteiger partial charge is 0.0773 e. The highest BCUT2D eigenvalue weighted by Crippen LogP contribution is 2.47. The molecular formula is C15H30O2. The third kappa shape index (κ3) is 3.96. The zero-order valence-corrected chi connectivity index (χ0v) is 12.3. The van der Waals surface area contributed by atoms with Crippen molar-refractivity contribution in [3.8, 4) is 0 Å². The van der Waals surface area contributed by atoms with Crippen LogP contribution in [0, 0.1) is 10.8 Å². The van der Waals surface area contributed by atoms with Gasteiger partial charge < -0.3 is 9.84 Å². The fraction of sp³-hybridized carbons (Fsp3) is 1.00. The van der Waals surface area contributed by atoms with E-state index in [4.69, 9.17) is 4.74 Å². The minimum Gasteiger partial charge on any atom is -0.391 e. The maximum absolute atomic E-state index is 9.80. The minimum atomic E-state index is -0.298. The van der Waals surface area contributed by atoms with Gasteiger partial charge in [-0.15, -0.1) is 0 Å². The average Bonchev–Trinajstić information content (AvgIpc) is 2.15. The van der Waals surface area contributed by atoms with Crippen molar-refractivity contribution < 1.29 is 9.84 Å². The Hall–Kier alpha value is -0.0800. The summed E-state index contributed by atoms with van der Waals surface area (Å²) in [5.74, 6) is 0. The van der Waals surface area contributed by atoms with E-state index in [-0.39, 0.29) is 23.0 Å². The molecule has 1 aliphatic carbocycles. The van der Waals surface area contributed by atoms with Crippen LogP contribution in [0.15, 0.2) is 0 Å². The van der Waals surface area contributed by atoms with Gasteiger partial charge in [0.1, 0.15) is 0 Å². The molecule has 0 bridgehead atoms. The first-order valence-electron chi connectivity index (χ1n) is 7.09. The quantitative estimate of drug-likeness (QED) is 0.795. The Labute approximate surface area is 107 Å². The van der Waals surface area contributed by atoms with Crippen LogP contribution in [0.1, 0.15) is 66.7 Å². The maximum atomic E-state index is 9.80. The number of ether oxygens (including phenoxy) is 1. The van der Waals surface area contributed by atoms with Gasteiger partial charge in [0.05, 0.1) is 18.8 Å². The lowest BCUT2D eigenvalue weighted by molar-refractivity contribution is -0.138. The average molecular weight is 242 g/mol. The molecule has 2 heteroatoms. The fourth-order valence-corrected chi connectivity index (χ4v) is 3.39. The molecule has 17 heavy (non-hydrogen) atoms. The highest BCUT2D eigenvalue weighted by atomic mass is 16.5. The van der Waals surface area contributed by atoms with Crippen molar-refractivity contribution in [1.29, 1.82) is 0 Å². The molecule has 0 aromatic heterocycles. The minimum absolute atomic E-state index is 0.230. The Bertz CT molecular complexity index is 217. The molecule has 1 atom stereocenters. The highest BCUT2D eigenvalue weighted by Gasteiger charge is 2.44. The molecule has 0 spiro atoms. The van der Waals surface area contributed by atoms with E-state index in [1.165, 1.54) is 19.3 Å². The van der Waals surface area contributed by atoms with Crippen LogP contribution in [0.25, 0.3) is 0 Å². The summed E-state index contributed by atoms with van der Waals surface area (Å²) in [5.41, 5.74) is 0.460. The van der Waals surface area contributed by atoms with Gasteiger partial charge in [-0.1, -0.05) is 47.5 Å². The number of hydrogen-bond donors (Lipinski definition) is 1. The molecule has 1 aliphatic rings. The van der Waals surface area contributed by atoms with Gasteiger partial charge in [0.2, 0.25) is 0 Å². The number of aliphatic hydroxyl groups is 1. The second kappa shape index (κ2) is 5.71. The molecule has 102 valence electrons. The van der Waals surface area contributed by atoms with Crippen molar-refractivity contribution in [1.82, 2.24) is 0 Å². The van der Waals surface area contributed by atoms with Crippen LogP contribution >= 0.6 is 0 Å². The van der Waals surface area contributed by atoms with E-state index in [0.29, 0.717) is 6.61 Å². The van der Waals surface area contributed by atoms with Crippen LogP contribution in [-0.2, 0) is 4.74 Å². The lowest BCUT2D eigenvalue weighted by Gasteiger charge is -2.49. The molecule has 0 aromatic rings. The summed E-state index contributed by atoms with van der Waals surface area (Å²) in [6, 6.07) is 0. The molecule has 1 fully saturated rings. The molecule has 1 N–H and O–H groups in total. The monoisotopic (exact) mass is 242 g/mol. The molecule has 0 aliphatic heterocycles. The van der Waals surface area contributed by atoms with Crippen LogP contribution in [-0.4, -0.2) is 23.9 Å².